The van der Waals surface area contributed by atoms with Crippen molar-refractivity contribution in [2.45, 2.75) is 6.42 Å². The van der Waals surface area contributed by atoms with Crippen molar-refractivity contribution in [3.8, 4) is 5.88 Å². The highest BCUT2D eigenvalue weighted by Gasteiger charge is 2.12. The monoisotopic (exact) mass is 395 g/mol. The summed E-state index contributed by atoms with van der Waals surface area (Å²) in [6, 6.07) is 13.6. The molecule has 0 N–H and O–H groups in total. The molecule has 0 unspecified atom stereocenters. The number of benzene rings is 2. The van der Waals surface area contributed by atoms with Crippen molar-refractivity contribution in [2.75, 3.05) is 7.11 Å². The van der Waals surface area contributed by atoms with E-state index in [9.17, 15) is 0 Å². The Morgan fingerprint density at radius 1 is 1.09 bits per heavy atom. The van der Waals surface area contributed by atoms with Gasteiger partial charge in [-0.1, -0.05) is 51.3 Å². The van der Waals surface area contributed by atoms with E-state index in [1.807, 2.05) is 30.3 Å². The zero-order chi connectivity index (χ0) is 15.7. The second-order valence-corrected chi connectivity index (χ2v) is 6.58. The lowest BCUT2D eigenvalue weighted by Crippen LogP contribution is -1.98. The third-order valence-corrected chi connectivity index (χ3v) is 4.77. The van der Waals surface area contributed by atoms with Crippen LogP contribution in [0, 0.1) is 0 Å². The molecule has 0 bridgehead atoms. The summed E-state index contributed by atoms with van der Waals surface area (Å²) in [6.45, 7) is 0. The maximum absolute atomic E-state index is 6.28. The molecule has 22 heavy (non-hydrogen) atoms. The number of halogens is 3. The van der Waals surface area contributed by atoms with Gasteiger partial charge >= 0.3 is 0 Å². The van der Waals surface area contributed by atoms with Crippen LogP contribution in [0.5, 0.6) is 5.88 Å². The molecule has 0 saturated carbocycles. The first-order valence-corrected chi connectivity index (χ1v) is 8.19. The summed E-state index contributed by atoms with van der Waals surface area (Å²) >= 11 is 15.8. The summed E-state index contributed by atoms with van der Waals surface area (Å²) in [5.74, 6) is 0.603. The van der Waals surface area contributed by atoms with Gasteiger partial charge in [0, 0.05) is 21.8 Å². The largest absolute Gasteiger partial charge is 0.481 e. The van der Waals surface area contributed by atoms with Gasteiger partial charge in [-0.25, -0.2) is 4.98 Å². The summed E-state index contributed by atoms with van der Waals surface area (Å²) in [5.41, 5.74) is 2.81. The first kappa shape index (κ1) is 15.6. The molecule has 0 aliphatic heterocycles. The second-order valence-electron chi connectivity index (χ2n) is 4.88. The summed E-state index contributed by atoms with van der Waals surface area (Å²) in [4.78, 5) is 4.56. The first-order chi connectivity index (χ1) is 10.6. The van der Waals surface area contributed by atoms with Gasteiger partial charge in [-0.3, -0.25) is 0 Å². The van der Waals surface area contributed by atoms with Crippen molar-refractivity contribution in [1.82, 2.24) is 4.98 Å². The van der Waals surface area contributed by atoms with Gasteiger partial charge in [0.25, 0.3) is 0 Å². The van der Waals surface area contributed by atoms with Crippen LogP contribution in [0.3, 0.4) is 0 Å². The predicted octanol–water partition coefficient (Wildman–Crippen LogP) is 5.90. The van der Waals surface area contributed by atoms with E-state index >= 15 is 0 Å². The molecule has 112 valence electrons. The number of hydrogen-bond donors (Lipinski definition) is 0. The minimum Gasteiger partial charge on any atom is -0.481 e. The normalized spacial score (nSPS) is 10.9. The minimum absolute atomic E-state index is 0.551. The minimum atomic E-state index is 0.551. The van der Waals surface area contributed by atoms with E-state index in [1.54, 1.807) is 13.2 Å². The van der Waals surface area contributed by atoms with Crippen LogP contribution in [-0.4, -0.2) is 12.1 Å². The van der Waals surface area contributed by atoms with E-state index in [0.29, 0.717) is 22.3 Å². The Kier molecular flexibility index (Phi) is 4.57. The number of ether oxygens (including phenoxy) is 1. The fraction of sp³-hybridized carbons (Fsp3) is 0.118. The van der Waals surface area contributed by atoms with Crippen molar-refractivity contribution in [1.29, 1.82) is 0 Å². The summed E-state index contributed by atoms with van der Waals surface area (Å²) in [6.07, 6.45) is 0.609. The van der Waals surface area contributed by atoms with Crippen molar-refractivity contribution in [3.63, 3.8) is 0 Å². The molecular formula is C17H12BrCl2NO. The van der Waals surface area contributed by atoms with E-state index < -0.39 is 0 Å². The van der Waals surface area contributed by atoms with Crippen molar-refractivity contribution < 1.29 is 4.74 Å². The Morgan fingerprint density at radius 3 is 2.68 bits per heavy atom. The third kappa shape index (κ3) is 3.07. The van der Waals surface area contributed by atoms with Gasteiger partial charge in [-0.05, 0) is 35.9 Å². The topological polar surface area (TPSA) is 22.1 Å². The van der Waals surface area contributed by atoms with Crippen molar-refractivity contribution in [3.05, 3.63) is 68.1 Å². The highest BCUT2D eigenvalue weighted by Crippen LogP contribution is 2.31. The second kappa shape index (κ2) is 6.45. The molecule has 0 aliphatic rings. The van der Waals surface area contributed by atoms with Crippen LogP contribution in [0.1, 0.15) is 11.1 Å². The van der Waals surface area contributed by atoms with E-state index in [1.165, 1.54) is 0 Å². The van der Waals surface area contributed by atoms with Crippen molar-refractivity contribution in [2.24, 2.45) is 0 Å². The fourth-order valence-electron chi connectivity index (χ4n) is 2.37. The molecule has 5 heteroatoms. The number of aromatic nitrogens is 1. The molecule has 2 nitrogen and oxygen atoms in total. The molecule has 0 aliphatic carbocycles. The van der Waals surface area contributed by atoms with Crippen molar-refractivity contribution >= 4 is 50.0 Å². The van der Waals surface area contributed by atoms with Gasteiger partial charge in [-0.15, -0.1) is 0 Å². The average Bonchev–Trinajstić information content (AvgIpc) is 2.51. The lowest BCUT2D eigenvalue weighted by Gasteiger charge is -2.11. The van der Waals surface area contributed by atoms with Crippen LogP contribution in [0.4, 0.5) is 0 Å². The third-order valence-electron chi connectivity index (χ3n) is 3.42. The van der Waals surface area contributed by atoms with Crippen LogP contribution in [-0.2, 0) is 6.42 Å². The highest BCUT2D eigenvalue weighted by molar-refractivity contribution is 9.10. The van der Waals surface area contributed by atoms with Gasteiger partial charge in [0.2, 0.25) is 5.88 Å². The molecule has 0 radical (unpaired) electrons. The summed E-state index contributed by atoms with van der Waals surface area (Å²) in [7, 11) is 1.62. The molecule has 0 amide bonds. The first-order valence-electron chi connectivity index (χ1n) is 6.64. The molecule has 1 aromatic heterocycles. The Balaban J connectivity index is 2.10. The van der Waals surface area contributed by atoms with Crippen LogP contribution in [0.2, 0.25) is 10.0 Å². The molecule has 0 spiro atoms. The van der Waals surface area contributed by atoms with E-state index in [-0.39, 0.29) is 0 Å². The smallest absolute Gasteiger partial charge is 0.217 e. The van der Waals surface area contributed by atoms with E-state index in [4.69, 9.17) is 27.9 Å². The van der Waals surface area contributed by atoms with Gasteiger partial charge in [-0.2, -0.15) is 0 Å². The SMILES string of the molecule is COc1nc2ccc(Br)cc2cc1Cc1cccc(Cl)c1Cl. The van der Waals surface area contributed by atoms with Crippen LogP contribution in [0.15, 0.2) is 46.9 Å². The predicted molar refractivity (Wildman–Crippen MR) is 95.3 cm³/mol. The quantitative estimate of drug-likeness (QED) is 0.549. The number of nitrogens with zero attached hydrogens (tertiary/aromatic N) is 1. The van der Waals surface area contributed by atoms with Crippen LogP contribution >= 0.6 is 39.1 Å². The maximum atomic E-state index is 6.28. The lowest BCUT2D eigenvalue weighted by atomic mass is 10.0. The standard InChI is InChI=1S/C17H12BrCl2NO/c1-22-17-12(7-10-3-2-4-14(19)16(10)20)8-11-9-13(18)5-6-15(11)21-17/h2-6,8-9H,7H2,1H3. The molecule has 0 atom stereocenters. The van der Waals surface area contributed by atoms with Crippen LogP contribution in [0.25, 0.3) is 10.9 Å². The summed E-state index contributed by atoms with van der Waals surface area (Å²) in [5, 5.41) is 2.17. The summed E-state index contributed by atoms with van der Waals surface area (Å²) < 4.78 is 6.44. The zero-order valence-corrected chi connectivity index (χ0v) is 14.8. The highest BCUT2D eigenvalue weighted by atomic mass is 79.9. The maximum Gasteiger partial charge on any atom is 0.217 e. The number of fused-ring (bicyclic) bond motifs is 1. The molecular weight excluding hydrogens is 385 g/mol. The number of hydrogen-bond acceptors (Lipinski definition) is 2. The number of methoxy groups -OCH3 is 1. The fourth-order valence-corrected chi connectivity index (χ4v) is 3.13. The van der Waals surface area contributed by atoms with Gasteiger partial charge < -0.3 is 4.74 Å². The molecule has 1 heterocycles. The molecule has 2 aromatic carbocycles. The molecule has 3 aromatic rings. The van der Waals surface area contributed by atoms with Gasteiger partial charge in [0.1, 0.15) is 0 Å². The van der Waals surface area contributed by atoms with Gasteiger partial charge in [0.05, 0.1) is 22.7 Å². The Bertz CT molecular complexity index is 851. The van der Waals surface area contributed by atoms with E-state index in [2.05, 4.69) is 27.0 Å². The Morgan fingerprint density at radius 2 is 1.91 bits per heavy atom. The van der Waals surface area contributed by atoms with Crippen LogP contribution < -0.4 is 4.74 Å². The average molecular weight is 397 g/mol. The van der Waals surface area contributed by atoms with E-state index in [0.717, 1.165) is 26.5 Å². The Hall–Kier alpha value is -1.29. The Labute approximate surface area is 147 Å². The number of pyridine rings is 1. The number of rotatable bonds is 3. The van der Waals surface area contributed by atoms with Gasteiger partial charge in [0.15, 0.2) is 0 Å². The molecule has 0 saturated heterocycles. The zero-order valence-electron chi connectivity index (χ0n) is 11.7. The molecule has 3 rings (SSSR count). The molecule has 0 fully saturated rings. The lowest BCUT2D eigenvalue weighted by molar-refractivity contribution is 0.395.